The Morgan fingerprint density at radius 3 is 2.42 bits per heavy atom. The zero-order valence-corrected chi connectivity index (χ0v) is 15.2. The first kappa shape index (κ1) is 17.9. The van der Waals surface area contributed by atoms with E-state index in [2.05, 4.69) is 4.98 Å². The maximum atomic E-state index is 13.0. The van der Waals surface area contributed by atoms with E-state index < -0.39 is 11.3 Å². The average Bonchev–Trinajstić information content (AvgIpc) is 2.61. The lowest BCUT2D eigenvalue weighted by Gasteiger charge is -2.15. The number of carbonyl (C=O) groups is 1. The summed E-state index contributed by atoms with van der Waals surface area (Å²) in [6, 6.07) is 16.4. The van der Waals surface area contributed by atoms with E-state index in [4.69, 9.17) is 16.3 Å². The molecule has 3 aromatic rings. The lowest BCUT2D eigenvalue weighted by Crippen LogP contribution is -2.29. The molecule has 132 valence electrons. The maximum Gasteiger partial charge on any atom is 0.272 e. The molecule has 0 radical (unpaired) electrons. The molecule has 0 fully saturated rings. The first-order valence-corrected chi connectivity index (χ1v) is 8.43. The van der Waals surface area contributed by atoms with E-state index in [0.717, 1.165) is 5.56 Å². The Morgan fingerprint density at radius 2 is 1.77 bits per heavy atom. The van der Waals surface area contributed by atoms with Crippen LogP contribution >= 0.6 is 11.6 Å². The largest absolute Gasteiger partial charge is 0.472 e. The molecule has 0 saturated heterocycles. The Balaban J connectivity index is 2.09. The minimum absolute atomic E-state index is 0.0344. The molecule has 0 atom stereocenters. The number of rotatable bonds is 5. The van der Waals surface area contributed by atoms with Crippen molar-refractivity contribution in [3.05, 3.63) is 86.9 Å². The summed E-state index contributed by atoms with van der Waals surface area (Å²) in [5.74, 6) is 0.00897. The molecule has 0 spiro atoms. The van der Waals surface area contributed by atoms with Crippen LogP contribution < -0.4 is 10.3 Å². The van der Waals surface area contributed by atoms with Crippen LogP contribution in [0.1, 0.15) is 28.7 Å². The summed E-state index contributed by atoms with van der Waals surface area (Å²) in [5.41, 5.74) is 0.797. The van der Waals surface area contributed by atoms with Crippen LogP contribution in [0.15, 0.2) is 59.4 Å². The predicted octanol–water partition coefficient (Wildman–Crippen LogP) is 3.98. The van der Waals surface area contributed by atoms with Gasteiger partial charge in [-0.2, -0.15) is 4.98 Å². The average molecular weight is 369 g/mol. The SMILES string of the molecule is CC(=O)c1c(OCc2ccccc2)nc(C)n(-c2ccccc2Cl)c1=O. The summed E-state index contributed by atoms with van der Waals surface area (Å²) in [6.07, 6.45) is 0. The Labute approximate surface area is 155 Å². The number of carbonyl (C=O) groups excluding carboxylic acids is 1. The summed E-state index contributed by atoms with van der Waals surface area (Å²) in [4.78, 5) is 29.4. The molecule has 0 unspecified atom stereocenters. The van der Waals surface area contributed by atoms with Gasteiger partial charge in [-0.25, -0.2) is 0 Å². The van der Waals surface area contributed by atoms with Crippen molar-refractivity contribution in [1.29, 1.82) is 0 Å². The van der Waals surface area contributed by atoms with Gasteiger partial charge in [-0.15, -0.1) is 0 Å². The number of ether oxygens (including phenoxy) is 1. The summed E-state index contributed by atoms with van der Waals surface area (Å²) < 4.78 is 7.02. The maximum absolute atomic E-state index is 13.0. The summed E-state index contributed by atoms with van der Waals surface area (Å²) in [5, 5.41) is 0.395. The minimum atomic E-state index is -0.499. The van der Waals surface area contributed by atoms with Gasteiger partial charge in [0.25, 0.3) is 5.56 Å². The van der Waals surface area contributed by atoms with E-state index >= 15 is 0 Å². The van der Waals surface area contributed by atoms with Crippen LogP contribution in [-0.4, -0.2) is 15.3 Å². The molecule has 0 aliphatic rings. The van der Waals surface area contributed by atoms with Crippen molar-refractivity contribution in [3.8, 4) is 11.6 Å². The Bertz CT molecular complexity index is 1010. The summed E-state index contributed by atoms with van der Waals surface area (Å²) in [7, 11) is 0. The zero-order valence-electron chi connectivity index (χ0n) is 14.4. The van der Waals surface area contributed by atoms with E-state index in [-0.39, 0.29) is 18.1 Å². The number of ketones is 1. The second kappa shape index (κ2) is 7.54. The highest BCUT2D eigenvalue weighted by atomic mass is 35.5. The number of hydrogen-bond donors (Lipinski definition) is 0. The molecule has 0 N–H and O–H groups in total. The van der Waals surface area contributed by atoms with Gasteiger partial charge in [-0.3, -0.25) is 14.2 Å². The molecule has 2 aromatic carbocycles. The molecule has 1 aromatic heterocycles. The summed E-state index contributed by atoms with van der Waals surface area (Å²) in [6.45, 7) is 3.20. The van der Waals surface area contributed by atoms with Crippen LogP contribution in [-0.2, 0) is 6.61 Å². The van der Waals surface area contributed by atoms with Crippen molar-refractivity contribution in [2.24, 2.45) is 0 Å². The molecule has 5 nitrogen and oxygen atoms in total. The minimum Gasteiger partial charge on any atom is -0.472 e. The van der Waals surface area contributed by atoms with Crippen LogP contribution in [0, 0.1) is 6.92 Å². The molecule has 6 heteroatoms. The lowest BCUT2D eigenvalue weighted by molar-refractivity contribution is 0.101. The first-order valence-electron chi connectivity index (χ1n) is 8.05. The van der Waals surface area contributed by atoms with Gasteiger partial charge in [0.05, 0.1) is 10.7 Å². The third-order valence-electron chi connectivity index (χ3n) is 3.88. The molecule has 0 bridgehead atoms. The second-order valence-electron chi connectivity index (χ2n) is 5.76. The van der Waals surface area contributed by atoms with Gasteiger partial charge < -0.3 is 4.74 Å². The Hall–Kier alpha value is -2.92. The molecule has 1 heterocycles. The molecule has 0 aliphatic heterocycles. The monoisotopic (exact) mass is 368 g/mol. The molecule has 0 amide bonds. The first-order chi connectivity index (χ1) is 12.5. The quantitative estimate of drug-likeness (QED) is 0.639. The van der Waals surface area contributed by atoms with E-state index in [9.17, 15) is 9.59 Å². The van der Waals surface area contributed by atoms with Crippen LogP contribution in [0.4, 0.5) is 0 Å². The Kier molecular flexibility index (Phi) is 5.19. The van der Waals surface area contributed by atoms with Gasteiger partial charge in [-0.1, -0.05) is 54.1 Å². The number of nitrogens with zero attached hydrogens (tertiary/aromatic N) is 2. The van der Waals surface area contributed by atoms with Gasteiger partial charge in [0.1, 0.15) is 18.0 Å². The second-order valence-corrected chi connectivity index (χ2v) is 6.17. The van der Waals surface area contributed by atoms with Gasteiger partial charge in [0.15, 0.2) is 5.78 Å². The third-order valence-corrected chi connectivity index (χ3v) is 4.20. The topological polar surface area (TPSA) is 61.2 Å². The van der Waals surface area contributed by atoms with Crippen molar-refractivity contribution in [1.82, 2.24) is 9.55 Å². The number of para-hydroxylation sites is 1. The molecular weight excluding hydrogens is 352 g/mol. The van der Waals surface area contributed by atoms with Crippen molar-refractivity contribution >= 4 is 17.4 Å². The molecule has 3 rings (SSSR count). The standard InChI is InChI=1S/C20H17ClN2O3/c1-13(24)18-19(26-12-15-8-4-3-5-9-15)22-14(2)23(20(18)25)17-11-7-6-10-16(17)21/h3-11H,12H2,1-2H3. The molecule has 26 heavy (non-hydrogen) atoms. The van der Waals surface area contributed by atoms with Gasteiger partial charge in [0.2, 0.25) is 5.88 Å². The zero-order chi connectivity index (χ0) is 18.7. The number of aryl methyl sites for hydroxylation is 1. The van der Waals surface area contributed by atoms with E-state index in [1.807, 2.05) is 30.3 Å². The fourth-order valence-electron chi connectivity index (χ4n) is 2.65. The third kappa shape index (κ3) is 3.53. The fourth-order valence-corrected chi connectivity index (χ4v) is 2.87. The normalized spacial score (nSPS) is 10.6. The van der Waals surface area contributed by atoms with Crippen LogP contribution in [0.25, 0.3) is 5.69 Å². The number of benzene rings is 2. The smallest absolute Gasteiger partial charge is 0.272 e. The number of Topliss-reactive ketones (excluding diaryl/α,β-unsaturated/α-hetero) is 1. The number of hydrogen-bond acceptors (Lipinski definition) is 4. The van der Waals surface area contributed by atoms with Crippen molar-refractivity contribution in [3.63, 3.8) is 0 Å². The van der Waals surface area contributed by atoms with E-state index in [1.165, 1.54) is 11.5 Å². The lowest BCUT2D eigenvalue weighted by atomic mass is 10.2. The Morgan fingerprint density at radius 1 is 1.12 bits per heavy atom. The van der Waals surface area contributed by atoms with Crippen LogP contribution in [0.5, 0.6) is 5.88 Å². The highest BCUT2D eigenvalue weighted by Gasteiger charge is 2.21. The number of aromatic nitrogens is 2. The van der Waals surface area contributed by atoms with Gasteiger partial charge >= 0.3 is 0 Å². The predicted molar refractivity (Wildman–Crippen MR) is 100 cm³/mol. The summed E-state index contributed by atoms with van der Waals surface area (Å²) >= 11 is 6.21. The fraction of sp³-hybridized carbons (Fsp3) is 0.150. The number of halogens is 1. The molecule has 0 aliphatic carbocycles. The highest BCUT2D eigenvalue weighted by Crippen LogP contribution is 2.22. The van der Waals surface area contributed by atoms with Crippen LogP contribution in [0.3, 0.4) is 0 Å². The van der Waals surface area contributed by atoms with E-state index in [0.29, 0.717) is 16.5 Å². The van der Waals surface area contributed by atoms with Gasteiger partial charge in [0, 0.05) is 0 Å². The van der Waals surface area contributed by atoms with Gasteiger partial charge in [-0.05, 0) is 31.5 Å². The van der Waals surface area contributed by atoms with Crippen molar-refractivity contribution in [2.75, 3.05) is 0 Å². The molecular formula is C20H17ClN2O3. The van der Waals surface area contributed by atoms with Crippen molar-refractivity contribution in [2.45, 2.75) is 20.5 Å². The van der Waals surface area contributed by atoms with Crippen molar-refractivity contribution < 1.29 is 9.53 Å². The van der Waals surface area contributed by atoms with Crippen LogP contribution in [0.2, 0.25) is 5.02 Å². The van der Waals surface area contributed by atoms with E-state index in [1.54, 1.807) is 31.2 Å². The molecule has 0 saturated carbocycles. The highest BCUT2D eigenvalue weighted by molar-refractivity contribution is 6.32.